The highest BCUT2D eigenvalue weighted by atomic mass is 31.2. The third-order valence-electron chi connectivity index (χ3n) is 3.55. The van der Waals surface area contributed by atoms with Gasteiger partial charge >= 0.3 is 55.7 Å². The number of hydrogen-bond acceptors (Lipinski definition) is 18. The molecule has 0 amide bonds. The number of aliphatic hydroxyl groups excluding tert-OH is 2. The molecule has 6 unspecified atom stereocenters. The predicted molar refractivity (Wildman–Crippen MR) is 91.9 cm³/mol. The van der Waals surface area contributed by atoms with E-state index in [4.69, 9.17) is 0 Å². The fourth-order valence-corrected chi connectivity index (χ4v) is 4.76. The van der Waals surface area contributed by atoms with Gasteiger partial charge in [-0.15, -0.1) is 0 Å². The van der Waals surface area contributed by atoms with Crippen molar-refractivity contribution in [2.45, 2.75) is 36.6 Å². The Bertz CT molecular complexity index is 787. The Balaban J connectivity index is 3.61. The van der Waals surface area contributed by atoms with Crippen LogP contribution in [0.4, 0.5) is 0 Å². The molecule has 0 heterocycles. The zero-order chi connectivity index (χ0) is 25.1. The summed E-state index contributed by atoms with van der Waals surface area (Å²) in [6.07, 6.45) is -15.3. The van der Waals surface area contributed by atoms with Crippen LogP contribution in [0.5, 0.6) is 0 Å². The van der Waals surface area contributed by atoms with Crippen LogP contribution in [0.3, 0.4) is 0 Å². The van der Waals surface area contributed by atoms with Gasteiger partial charge in [-0.2, -0.15) is 36.8 Å². The lowest BCUT2D eigenvalue weighted by Gasteiger charge is -2.27. The van der Waals surface area contributed by atoms with Crippen molar-refractivity contribution in [3.05, 3.63) is 0 Å². The average molecular weight is 560 g/mol. The summed E-state index contributed by atoms with van der Waals surface area (Å²) in [4.78, 5) is 37.7. The van der Waals surface area contributed by atoms with Gasteiger partial charge < -0.3 is 10.2 Å². The molecule has 0 aromatic rings. The van der Waals surface area contributed by atoms with Gasteiger partial charge in [0.25, 0.3) is 0 Å². The molecule has 0 saturated heterocycles. The third-order valence-corrected chi connectivity index (χ3v) is 6.65. The summed E-state index contributed by atoms with van der Waals surface area (Å²) in [5.74, 6) is 18.2. The van der Waals surface area contributed by atoms with Crippen molar-refractivity contribution in [1.82, 2.24) is 0 Å². The van der Waals surface area contributed by atoms with Crippen molar-refractivity contribution in [1.29, 1.82) is 0 Å². The van der Waals surface area contributed by atoms with Gasteiger partial charge in [0.2, 0.25) is 12.2 Å². The van der Waals surface area contributed by atoms with Crippen LogP contribution in [-0.4, -0.2) is 66.4 Å². The Morgan fingerprint density at radius 1 is 0.500 bits per heavy atom. The molecule has 0 aromatic heterocycles. The number of nitrogens with two attached hydrogens (primary N) is 4. The van der Waals surface area contributed by atoms with Gasteiger partial charge in [-0.1, -0.05) is 0 Å². The van der Waals surface area contributed by atoms with Crippen molar-refractivity contribution in [2.24, 2.45) is 23.6 Å². The van der Waals surface area contributed by atoms with Crippen LogP contribution in [0, 0.1) is 0 Å². The highest BCUT2D eigenvalue weighted by molar-refractivity contribution is 7.48. The molecule has 1 saturated carbocycles. The largest absolute Gasteiger partial charge is 0.724 e. The maximum Gasteiger partial charge on any atom is 0.724 e. The summed E-state index contributed by atoms with van der Waals surface area (Å²) in [5.41, 5.74) is 0. The van der Waals surface area contributed by atoms with Gasteiger partial charge in [0.1, 0.15) is 0 Å². The number of aliphatic hydroxyl groups is 2. The molecule has 14 N–H and O–H groups in total. The molecule has 0 aliphatic heterocycles. The van der Waals surface area contributed by atoms with Crippen LogP contribution in [0.2, 0.25) is 0 Å². The first-order valence-corrected chi connectivity index (χ1v) is 13.4. The van der Waals surface area contributed by atoms with Gasteiger partial charge in [0.15, 0.2) is 0 Å². The van der Waals surface area contributed by atoms with Crippen molar-refractivity contribution >= 4 is 31.3 Å². The molecule has 4 radical (unpaired) electrons. The van der Waals surface area contributed by atoms with Gasteiger partial charge in [0, 0.05) is 0 Å². The zero-order valence-corrected chi connectivity index (χ0v) is 18.7. The van der Waals surface area contributed by atoms with Gasteiger partial charge in [0.05, 0.1) is 0 Å². The minimum absolute atomic E-state index is 2.48. The Morgan fingerprint density at radius 2 is 0.719 bits per heavy atom. The van der Waals surface area contributed by atoms with E-state index < -0.39 is 67.9 Å². The predicted octanol–water partition coefficient (Wildman–Crippen LogP) is -3.77. The lowest BCUT2D eigenvalue weighted by atomic mass is 9.85. The third kappa shape index (κ3) is 8.15. The summed E-state index contributed by atoms with van der Waals surface area (Å²) in [5, 5.41) is 20.8. The Hall–Kier alpha value is 0.200. The Kier molecular flexibility index (Phi) is 10.7. The highest BCUT2D eigenvalue weighted by Gasteiger charge is 2.79. The Morgan fingerprint density at radius 3 is 0.969 bits per heavy atom. The second kappa shape index (κ2) is 11.3. The topological polar surface area (TPSA) is 376 Å². The van der Waals surface area contributed by atoms with Crippen molar-refractivity contribution < 1.29 is 84.6 Å². The Labute approximate surface area is 177 Å². The number of hydrogen-bond donors (Lipinski definition) is 10. The molecular weight excluding hydrogens is 540 g/mol. The van der Waals surface area contributed by atoms with Crippen molar-refractivity contribution in [2.75, 3.05) is 0 Å². The van der Waals surface area contributed by atoms with Crippen LogP contribution < -0.4 is 23.6 Å². The summed E-state index contributed by atoms with van der Waals surface area (Å²) in [6.45, 7) is 0. The molecule has 0 spiro atoms. The van der Waals surface area contributed by atoms with Gasteiger partial charge in [-0.3, -0.25) is 19.6 Å². The first-order chi connectivity index (χ1) is 14.4. The average Bonchev–Trinajstić information content (AvgIpc) is 2.71. The fourth-order valence-electron chi connectivity index (χ4n) is 2.36. The number of rotatable bonds is 12. The minimum Gasteiger partial charge on any atom is -0.377 e. The molecule has 0 aromatic carbocycles. The molecular formula is C6H20N4O18P4+4. The maximum atomic E-state index is 11.8. The van der Waals surface area contributed by atoms with Crippen molar-refractivity contribution in [3.8, 4) is 0 Å². The van der Waals surface area contributed by atoms with Crippen LogP contribution in [0.1, 0.15) is 0 Å². The number of phosphoric acid groups is 4. The molecule has 1 rings (SSSR count). The maximum absolute atomic E-state index is 11.8. The van der Waals surface area contributed by atoms with E-state index in [1.54, 1.807) is 0 Å². The second-order valence-corrected chi connectivity index (χ2v) is 11.0. The van der Waals surface area contributed by atoms with Crippen LogP contribution in [-0.2, 0) is 54.9 Å². The second-order valence-electron chi connectivity index (χ2n) is 5.56. The van der Waals surface area contributed by atoms with Crippen LogP contribution in [0.15, 0.2) is 0 Å². The van der Waals surface area contributed by atoms with E-state index in [0.29, 0.717) is 0 Å². The van der Waals surface area contributed by atoms with E-state index in [1.165, 1.54) is 0 Å². The van der Waals surface area contributed by atoms with Crippen LogP contribution >= 0.6 is 31.3 Å². The molecule has 26 heteroatoms. The van der Waals surface area contributed by atoms with E-state index >= 15 is 0 Å². The first kappa shape index (κ1) is 30.2. The summed E-state index contributed by atoms with van der Waals surface area (Å²) in [7, 11) is -21.3. The van der Waals surface area contributed by atoms with E-state index in [0.717, 1.165) is 0 Å². The van der Waals surface area contributed by atoms with Gasteiger partial charge in [-0.05, 0) is 18.1 Å². The van der Waals surface area contributed by atoms with E-state index in [2.05, 4.69) is 60.2 Å². The summed E-state index contributed by atoms with van der Waals surface area (Å²) in [6, 6.07) is 0. The van der Waals surface area contributed by atoms with Crippen LogP contribution in [0.25, 0.3) is 0 Å². The van der Waals surface area contributed by atoms with Crippen molar-refractivity contribution in [3.63, 3.8) is 0 Å². The molecule has 32 heavy (non-hydrogen) atoms. The summed E-state index contributed by atoms with van der Waals surface area (Å²) >= 11 is 0. The number of phosphoric ester groups is 4. The zero-order valence-electron chi connectivity index (χ0n) is 15.1. The summed E-state index contributed by atoms with van der Waals surface area (Å²) < 4.78 is 79.1. The lowest BCUT2D eigenvalue weighted by molar-refractivity contribution is -0.211. The van der Waals surface area contributed by atoms with E-state index in [1.807, 2.05) is 0 Å². The normalized spacial score (nSPS) is 36.4. The molecule has 1 aliphatic carbocycles. The fraction of sp³-hybridized carbons (Fsp3) is 1.00. The SMILES string of the molecule is NOP(=O)(O)[O+]C1[C@H](O)[C@H]([O+]P(=O)(O)ON)C([O+]P(=O)(O)ON)[C@H]([O+]P(=O)(O)ON)[C@H]1O. The molecule has 22 nitrogen and oxygen atoms in total. The smallest absolute Gasteiger partial charge is 0.377 e. The quantitative estimate of drug-likeness (QED) is 0.0621. The standard InChI is InChI=1S/C6H20N4O18P4/c7-25-29(13,14)21-3-1(11)4(22-30(15,16)26-8)6(24-32(19,20)28-10)5(2(3)12)23-31(17,18)27-9/h1-6,11-12H,7-10H2,(H,13,14)(H,15,16)(H,17,18)(H,19,20)/q+4/t1-,2-,3?,4-,5+,6?/m0/s1. The van der Waals surface area contributed by atoms with E-state index in [9.17, 15) is 48.0 Å². The first-order valence-electron chi connectivity index (χ1n) is 7.39. The van der Waals surface area contributed by atoms with E-state index in [-0.39, 0.29) is 0 Å². The minimum atomic E-state index is -5.36. The highest BCUT2D eigenvalue weighted by Crippen LogP contribution is 2.55. The monoisotopic (exact) mass is 560 g/mol. The molecule has 188 valence electrons. The molecule has 1 fully saturated rings. The van der Waals surface area contributed by atoms with Gasteiger partial charge in [-0.25, -0.2) is 23.6 Å². The molecule has 0 bridgehead atoms. The molecule has 10 atom stereocenters. The lowest BCUT2D eigenvalue weighted by Crippen LogP contribution is -2.65. The molecule has 1 aliphatic rings.